The molecule has 0 aromatic carbocycles. The highest BCUT2D eigenvalue weighted by Crippen LogP contribution is 2.02. The molecule has 0 bridgehead atoms. The molecule has 0 radical (unpaired) electrons. The van der Waals surface area contributed by atoms with Crippen molar-refractivity contribution in [3.8, 4) is 0 Å². The Kier molecular flexibility index (Phi) is 5.11. The number of carboxylic acid groups (broad SMARTS) is 1. The van der Waals surface area contributed by atoms with Gasteiger partial charge in [-0.2, -0.15) is 0 Å². The molecule has 1 heterocycles. The monoisotopic (exact) mass is 267 g/mol. The van der Waals surface area contributed by atoms with Gasteiger partial charge in [-0.3, -0.25) is 9.59 Å². The van der Waals surface area contributed by atoms with Gasteiger partial charge >= 0.3 is 5.97 Å². The molecule has 3 N–H and O–H groups in total. The minimum Gasteiger partial charge on any atom is -0.477 e. The van der Waals surface area contributed by atoms with Crippen molar-refractivity contribution in [2.24, 2.45) is 0 Å². The normalized spacial score (nSPS) is 11.7. The molecule has 0 aliphatic rings. The molecule has 2 amide bonds. The molecule has 0 saturated heterocycles. The zero-order valence-electron chi connectivity index (χ0n) is 10.8. The summed E-state index contributed by atoms with van der Waals surface area (Å²) in [5, 5.41) is 14.0. The highest BCUT2D eigenvalue weighted by Gasteiger charge is 2.16. The van der Waals surface area contributed by atoms with E-state index in [1.54, 1.807) is 19.9 Å². The van der Waals surface area contributed by atoms with Crippen molar-refractivity contribution in [3.63, 3.8) is 0 Å². The number of aromatic nitrogens is 1. The molecule has 19 heavy (non-hydrogen) atoms. The van der Waals surface area contributed by atoms with Crippen LogP contribution in [0.5, 0.6) is 0 Å². The van der Waals surface area contributed by atoms with E-state index in [2.05, 4.69) is 10.6 Å². The van der Waals surface area contributed by atoms with Crippen LogP contribution >= 0.6 is 0 Å². The number of carboxylic acids is 1. The summed E-state index contributed by atoms with van der Waals surface area (Å²) in [5.74, 6) is -1.80. The second-order valence-electron chi connectivity index (χ2n) is 4.01. The minimum absolute atomic E-state index is 0.0285. The molecule has 0 fully saturated rings. The molecule has 1 aromatic heterocycles. The van der Waals surface area contributed by atoms with E-state index in [-0.39, 0.29) is 18.1 Å². The highest BCUT2D eigenvalue weighted by atomic mass is 16.4. The third kappa shape index (κ3) is 4.13. The first-order chi connectivity index (χ1) is 8.95. The van der Waals surface area contributed by atoms with Crippen molar-refractivity contribution in [2.45, 2.75) is 26.4 Å². The topological polar surface area (TPSA) is 100 Å². The van der Waals surface area contributed by atoms with Crippen LogP contribution in [0.3, 0.4) is 0 Å². The number of likely N-dealkylation sites (N-methyl/N-ethyl adjacent to an activating group) is 1. The summed E-state index contributed by atoms with van der Waals surface area (Å²) >= 11 is 0. The van der Waals surface area contributed by atoms with E-state index in [4.69, 9.17) is 5.11 Å². The molecule has 0 aliphatic carbocycles. The Hall–Kier alpha value is -2.31. The van der Waals surface area contributed by atoms with Crippen LogP contribution in [0.25, 0.3) is 0 Å². The van der Waals surface area contributed by atoms with Crippen LogP contribution in [0, 0.1) is 0 Å². The van der Waals surface area contributed by atoms with Crippen LogP contribution < -0.4 is 10.6 Å². The van der Waals surface area contributed by atoms with Gasteiger partial charge in [0.05, 0.1) is 0 Å². The lowest BCUT2D eigenvalue weighted by Crippen LogP contribution is -2.45. The number of hydrogen-bond donors (Lipinski definition) is 3. The third-order valence-corrected chi connectivity index (χ3v) is 2.48. The molecule has 1 aromatic rings. The predicted octanol–water partition coefficient (Wildman–Crippen LogP) is -0.173. The summed E-state index contributed by atoms with van der Waals surface area (Å²) in [7, 11) is 0. The summed E-state index contributed by atoms with van der Waals surface area (Å²) in [4.78, 5) is 34.0. The van der Waals surface area contributed by atoms with Crippen molar-refractivity contribution >= 4 is 17.8 Å². The first-order valence-corrected chi connectivity index (χ1v) is 5.91. The molecular weight excluding hydrogens is 250 g/mol. The minimum atomic E-state index is -1.10. The van der Waals surface area contributed by atoms with Gasteiger partial charge in [0, 0.05) is 12.7 Å². The number of carbonyl (C=O) groups excluding carboxylic acids is 2. The fourth-order valence-corrected chi connectivity index (χ4v) is 1.58. The Labute approximate surface area is 110 Å². The number of carbonyl (C=O) groups is 3. The largest absolute Gasteiger partial charge is 0.477 e. The van der Waals surface area contributed by atoms with Gasteiger partial charge in [0.15, 0.2) is 0 Å². The number of rotatable bonds is 6. The van der Waals surface area contributed by atoms with Gasteiger partial charge in [0.1, 0.15) is 18.3 Å². The number of amides is 2. The predicted molar refractivity (Wildman–Crippen MR) is 67.7 cm³/mol. The number of nitrogens with zero attached hydrogens (tertiary/aromatic N) is 1. The third-order valence-electron chi connectivity index (χ3n) is 2.48. The smallest absolute Gasteiger partial charge is 0.352 e. The summed E-state index contributed by atoms with van der Waals surface area (Å²) in [6, 6.07) is 2.29. The summed E-state index contributed by atoms with van der Waals surface area (Å²) < 4.78 is 1.31. The van der Waals surface area contributed by atoms with E-state index in [0.717, 1.165) is 0 Å². The summed E-state index contributed by atoms with van der Waals surface area (Å²) in [6.07, 6.45) is 1.50. The molecule has 1 atom stereocenters. The number of hydrogen-bond acceptors (Lipinski definition) is 3. The zero-order valence-corrected chi connectivity index (χ0v) is 10.8. The average Bonchev–Trinajstić information content (AvgIpc) is 2.77. The van der Waals surface area contributed by atoms with Gasteiger partial charge in [-0.25, -0.2) is 4.79 Å². The second-order valence-corrected chi connectivity index (χ2v) is 4.01. The average molecular weight is 267 g/mol. The maximum absolute atomic E-state index is 11.7. The SMILES string of the molecule is CCNC(=O)C(C)NC(=O)Cn1cccc1C(=O)O. The van der Waals surface area contributed by atoms with E-state index in [1.165, 1.54) is 16.8 Å². The maximum atomic E-state index is 11.7. The Morgan fingerprint density at radius 3 is 2.68 bits per heavy atom. The Morgan fingerprint density at radius 1 is 1.42 bits per heavy atom. The molecule has 0 saturated carbocycles. The summed E-state index contributed by atoms with van der Waals surface area (Å²) in [5.41, 5.74) is 0.0285. The van der Waals surface area contributed by atoms with E-state index in [0.29, 0.717) is 6.54 Å². The lowest BCUT2D eigenvalue weighted by atomic mass is 10.3. The van der Waals surface area contributed by atoms with Gasteiger partial charge in [0.25, 0.3) is 0 Å². The Balaban J connectivity index is 2.58. The zero-order chi connectivity index (χ0) is 14.4. The van der Waals surface area contributed by atoms with Crippen LogP contribution in [0.15, 0.2) is 18.3 Å². The second kappa shape index (κ2) is 6.58. The highest BCUT2D eigenvalue weighted by molar-refractivity contribution is 5.89. The van der Waals surface area contributed by atoms with Crippen LogP contribution in [0.2, 0.25) is 0 Å². The molecule has 104 valence electrons. The lowest BCUT2D eigenvalue weighted by molar-refractivity contribution is -0.128. The maximum Gasteiger partial charge on any atom is 0.352 e. The van der Waals surface area contributed by atoms with Crippen LogP contribution in [-0.4, -0.2) is 40.0 Å². The van der Waals surface area contributed by atoms with E-state index in [1.807, 2.05) is 0 Å². The van der Waals surface area contributed by atoms with Crippen LogP contribution in [0.4, 0.5) is 0 Å². The molecule has 1 rings (SSSR count). The van der Waals surface area contributed by atoms with Crippen molar-refractivity contribution in [1.29, 1.82) is 0 Å². The van der Waals surface area contributed by atoms with E-state index >= 15 is 0 Å². The van der Waals surface area contributed by atoms with Gasteiger partial charge in [-0.05, 0) is 26.0 Å². The van der Waals surface area contributed by atoms with Crippen LogP contribution in [0.1, 0.15) is 24.3 Å². The van der Waals surface area contributed by atoms with Crippen molar-refractivity contribution in [1.82, 2.24) is 15.2 Å². The van der Waals surface area contributed by atoms with E-state index in [9.17, 15) is 14.4 Å². The number of nitrogens with one attached hydrogen (secondary N) is 2. The first-order valence-electron chi connectivity index (χ1n) is 5.91. The standard InChI is InChI=1S/C12H17N3O4/c1-3-13-11(17)8(2)14-10(16)7-15-6-4-5-9(15)12(18)19/h4-6,8H,3,7H2,1-2H3,(H,13,17)(H,14,16)(H,18,19). The lowest BCUT2D eigenvalue weighted by Gasteiger charge is -2.14. The first kappa shape index (κ1) is 14.7. The van der Waals surface area contributed by atoms with Crippen molar-refractivity contribution < 1.29 is 19.5 Å². The van der Waals surface area contributed by atoms with Crippen molar-refractivity contribution in [2.75, 3.05) is 6.54 Å². The molecular formula is C12H17N3O4. The van der Waals surface area contributed by atoms with E-state index < -0.39 is 17.9 Å². The summed E-state index contributed by atoms with van der Waals surface area (Å²) in [6.45, 7) is 3.69. The molecule has 1 unspecified atom stereocenters. The van der Waals surface area contributed by atoms with Gasteiger partial charge in [-0.1, -0.05) is 0 Å². The quantitative estimate of drug-likeness (QED) is 0.666. The Bertz CT molecular complexity index is 481. The van der Waals surface area contributed by atoms with Gasteiger partial charge in [-0.15, -0.1) is 0 Å². The van der Waals surface area contributed by atoms with Crippen LogP contribution in [-0.2, 0) is 16.1 Å². The fraction of sp³-hybridized carbons (Fsp3) is 0.417. The Morgan fingerprint density at radius 2 is 2.11 bits per heavy atom. The van der Waals surface area contributed by atoms with Crippen molar-refractivity contribution in [3.05, 3.63) is 24.0 Å². The molecule has 0 spiro atoms. The molecule has 0 aliphatic heterocycles. The fourth-order valence-electron chi connectivity index (χ4n) is 1.58. The van der Waals surface area contributed by atoms with Gasteiger partial charge in [0.2, 0.25) is 11.8 Å². The van der Waals surface area contributed by atoms with Gasteiger partial charge < -0.3 is 20.3 Å². The molecule has 7 nitrogen and oxygen atoms in total. The molecule has 7 heteroatoms. The number of aromatic carboxylic acids is 1.